The summed E-state index contributed by atoms with van der Waals surface area (Å²) in [5.74, 6) is 1.94. The summed E-state index contributed by atoms with van der Waals surface area (Å²) in [6.07, 6.45) is 4.78. The maximum atomic E-state index is 5.50. The number of anilines is 1. The number of rotatable bonds is 7. The Bertz CT molecular complexity index is 375. The van der Waals surface area contributed by atoms with Crippen LogP contribution in [-0.4, -0.2) is 35.8 Å². The van der Waals surface area contributed by atoms with Crippen LogP contribution in [0.4, 0.5) is 5.95 Å². The summed E-state index contributed by atoms with van der Waals surface area (Å²) in [5, 5.41) is 7.73. The average molecular weight is 266 g/mol. The number of hydrogen-bond donors (Lipinski definition) is 1. The minimum atomic E-state index is 0.392. The summed E-state index contributed by atoms with van der Waals surface area (Å²) >= 11 is 0. The van der Waals surface area contributed by atoms with Crippen LogP contribution < -0.4 is 10.2 Å². The first-order valence-corrected chi connectivity index (χ1v) is 7.62. The monoisotopic (exact) mass is 266 g/mol. The van der Waals surface area contributed by atoms with Crippen LogP contribution in [0.5, 0.6) is 0 Å². The van der Waals surface area contributed by atoms with E-state index >= 15 is 0 Å². The van der Waals surface area contributed by atoms with Crippen molar-refractivity contribution < 1.29 is 4.52 Å². The van der Waals surface area contributed by atoms with E-state index in [9.17, 15) is 0 Å². The van der Waals surface area contributed by atoms with Gasteiger partial charge in [0.2, 0.25) is 5.89 Å². The Hall–Kier alpha value is -1.10. The van der Waals surface area contributed by atoms with Crippen LogP contribution in [0.2, 0.25) is 0 Å². The number of nitrogens with zero attached hydrogens (tertiary/aromatic N) is 3. The summed E-state index contributed by atoms with van der Waals surface area (Å²) in [4.78, 5) is 6.72. The SMILES string of the molecule is CCCNC1CCCC1c1nc(N(CC)CC)no1. The van der Waals surface area contributed by atoms with Gasteiger partial charge in [0.25, 0.3) is 5.95 Å². The Morgan fingerprint density at radius 2 is 2.05 bits per heavy atom. The molecule has 0 aliphatic heterocycles. The van der Waals surface area contributed by atoms with Crippen LogP contribution >= 0.6 is 0 Å². The molecule has 1 fully saturated rings. The van der Waals surface area contributed by atoms with Crippen molar-refractivity contribution in [2.75, 3.05) is 24.5 Å². The van der Waals surface area contributed by atoms with E-state index in [1.54, 1.807) is 0 Å². The first-order chi connectivity index (χ1) is 9.30. The Kier molecular flexibility index (Phi) is 5.19. The Morgan fingerprint density at radius 1 is 1.26 bits per heavy atom. The molecule has 1 aromatic rings. The van der Waals surface area contributed by atoms with Crippen molar-refractivity contribution >= 4 is 5.95 Å². The molecule has 108 valence electrons. The molecule has 1 aromatic heterocycles. The van der Waals surface area contributed by atoms with Crippen molar-refractivity contribution in [3.05, 3.63) is 5.89 Å². The van der Waals surface area contributed by atoms with Crippen molar-refractivity contribution in [2.24, 2.45) is 0 Å². The zero-order valence-corrected chi connectivity index (χ0v) is 12.4. The van der Waals surface area contributed by atoms with Gasteiger partial charge in [0, 0.05) is 19.1 Å². The highest BCUT2D eigenvalue weighted by molar-refractivity contribution is 5.27. The quantitative estimate of drug-likeness (QED) is 0.822. The number of aromatic nitrogens is 2. The molecule has 0 bridgehead atoms. The molecule has 1 aliphatic rings. The third-order valence-corrected chi connectivity index (χ3v) is 3.97. The molecule has 1 aliphatic carbocycles. The van der Waals surface area contributed by atoms with Crippen molar-refractivity contribution in [2.45, 2.75) is 58.4 Å². The molecule has 19 heavy (non-hydrogen) atoms. The summed E-state index contributed by atoms with van der Waals surface area (Å²) in [7, 11) is 0. The topological polar surface area (TPSA) is 54.2 Å². The van der Waals surface area contributed by atoms with E-state index in [1.807, 2.05) is 0 Å². The Labute approximate surface area is 115 Å². The smallest absolute Gasteiger partial charge is 0.266 e. The summed E-state index contributed by atoms with van der Waals surface area (Å²) < 4.78 is 5.50. The summed E-state index contributed by atoms with van der Waals surface area (Å²) in [6.45, 7) is 9.32. The van der Waals surface area contributed by atoms with Gasteiger partial charge in [0.15, 0.2) is 0 Å². The van der Waals surface area contributed by atoms with E-state index in [2.05, 4.69) is 41.1 Å². The predicted octanol–water partition coefficient (Wildman–Crippen LogP) is 2.55. The van der Waals surface area contributed by atoms with Gasteiger partial charge in [-0.2, -0.15) is 4.98 Å². The van der Waals surface area contributed by atoms with Crippen molar-refractivity contribution in [3.63, 3.8) is 0 Å². The molecular weight excluding hydrogens is 240 g/mol. The molecule has 0 aromatic carbocycles. The molecule has 1 N–H and O–H groups in total. The third kappa shape index (κ3) is 3.26. The molecule has 0 radical (unpaired) electrons. The normalized spacial score (nSPS) is 22.9. The van der Waals surface area contributed by atoms with Gasteiger partial charge >= 0.3 is 0 Å². The summed E-state index contributed by atoms with van der Waals surface area (Å²) in [5.41, 5.74) is 0. The minimum absolute atomic E-state index is 0.392. The van der Waals surface area contributed by atoms with Gasteiger partial charge in [-0.1, -0.05) is 13.3 Å². The zero-order valence-electron chi connectivity index (χ0n) is 12.4. The minimum Gasteiger partial charge on any atom is -0.339 e. The lowest BCUT2D eigenvalue weighted by Crippen LogP contribution is -2.32. The molecule has 2 atom stereocenters. The fraction of sp³-hybridized carbons (Fsp3) is 0.857. The van der Waals surface area contributed by atoms with E-state index in [1.165, 1.54) is 12.8 Å². The third-order valence-electron chi connectivity index (χ3n) is 3.97. The maximum Gasteiger partial charge on any atom is 0.266 e. The highest BCUT2D eigenvalue weighted by Gasteiger charge is 2.32. The first-order valence-electron chi connectivity index (χ1n) is 7.62. The van der Waals surface area contributed by atoms with Crippen LogP contribution in [-0.2, 0) is 0 Å². The van der Waals surface area contributed by atoms with Crippen molar-refractivity contribution in [1.82, 2.24) is 15.5 Å². The fourth-order valence-electron chi connectivity index (χ4n) is 2.84. The second-order valence-corrected chi connectivity index (χ2v) is 5.20. The van der Waals surface area contributed by atoms with Crippen LogP contribution in [0.15, 0.2) is 4.52 Å². The molecule has 0 saturated heterocycles. The largest absolute Gasteiger partial charge is 0.339 e. The lowest BCUT2D eigenvalue weighted by Gasteiger charge is -2.17. The molecule has 0 amide bonds. The molecule has 2 unspecified atom stereocenters. The van der Waals surface area contributed by atoms with Crippen LogP contribution in [0.25, 0.3) is 0 Å². The zero-order chi connectivity index (χ0) is 13.7. The van der Waals surface area contributed by atoms with E-state index in [4.69, 9.17) is 4.52 Å². The second kappa shape index (κ2) is 6.89. The molecule has 1 saturated carbocycles. The standard InChI is InChI=1S/C14H26N4O/c1-4-10-15-12-9-7-8-11(12)13-16-14(17-19-13)18(5-2)6-3/h11-12,15H,4-10H2,1-3H3. The number of nitrogens with one attached hydrogen (secondary N) is 1. The lowest BCUT2D eigenvalue weighted by atomic mass is 10.0. The fourth-order valence-corrected chi connectivity index (χ4v) is 2.84. The van der Waals surface area contributed by atoms with Crippen LogP contribution in [0, 0.1) is 0 Å². The van der Waals surface area contributed by atoms with Crippen LogP contribution in [0.1, 0.15) is 58.3 Å². The Morgan fingerprint density at radius 3 is 2.74 bits per heavy atom. The van der Waals surface area contributed by atoms with Crippen LogP contribution in [0.3, 0.4) is 0 Å². The Balaban J connectivity index is 2.04. The average Bonchev–Trinajstić information content (AvgIpc) is 3.06. The van der Waals surface area contributed by atoms with Gasteiger partial charge in [0.1, 0.15) is 0 Å². The van der Waals surface area contributed by atoms with E-state index in [0.29, 0.717) is 12.0 Å². The van der Waals surface area contributed by atoms with Gasteiger partial charge in [0.05, 0.1) is 5.92 Å². The van der Waals surface area contributed by atoms with E-state index < -0.39 is 0 Å². The molecule has 5 nitrogen and oxygen atoms in total. The van der Waals surface area contributed by atoms with E-state index in [0.717, 1.165) is 44.3 Å². The molecule has 5 heteroatoms. The van der Waals surface area contributed by atoms with Gasteiger partial charge in [-0.15, -0.1) is 0 Å². The van der Waals surface area contributed by atoms with Crippen molar-refractivity contribution in [1.29, 1.82) is 0 Å². The van der Waals surface area contributed by atoms with Gasteiger partial charge < -0.3 is 14.7 Å². The molecule has 2 rings (SSSR count). The maximum absolute atomic E-state index is 5.50. The van der Waals surface area contributed by atoms with Gasteiger partial charge in [-0.25, -0.2) is 0 Å². The highest BCUT2D eigenvalue weighted by Crippen LogP contribution is 2.34. The highest BCUT2D eigenvalue weighted by atomic mass is 16.5. The summed E-state index contributed by atoms with van der Waals surface area (Å²) in [6, 6.07) is 0.505. The molecule has 1 heterocycles. The molecular formula is C14H26N4O. The van der Waals surface area contributed by atoms with Crippen molar-refractivity contribution in [3.8, 4) is 0 Å². The second-order valence-electron chi connectivity index (χ2n) is 5.20. The molecule has 0 spiro atoms. The van der Waals surface area contributed by atoms with E-state index in [-0.39, 0.29) is 0 Å². The van der Waals surface area contributed by atoms with Gasteiger partial charge in [-0.3, -0.25) is 0 Å². The van der Waals surface area contributed by atoms with Gasteiger partial charge in [-0.05, 0) is 44.8 Å². The predicted molar refractivity (Wildman–Crippen MR) is 76.5 cm³/mol. The first kappa shape index (κ1) is 14.3. The lowest BCUT2D eigenvalue weighted by molar-refractivity contribution is 0.330. The number of hydrogen-bond acceptors (Lipinski definition) is 5.